The summed E-state index contributed by atoms with van der Waals surface area (Å²) in [6.45, 7) is 11.1. The molecule has 1 aromatic carbocycles. The number of fused-ring (bicyclic) bond motifs is 5. The number of hydrogen-bond donors (Lipinski definition) is 1. The van der Waals surface area contributed by atoms with Gasteiger partial charge in [0.2, 0.25) is 5.43 Å². The van der Waals surface area contributed by atoms with Gasteiger partial charge in [-0.05, 0) is 71.0 Å². The first-order valence-corrected chi connectivity index (χ1v) is 14.8. The number of amides is 2. The van der Waals surface area contributed by atoms with Crippen LogP contribution in [0, 0.1) is 0 Å². The van der Waals surface area contributed by atoms with E-state index in [1.807, 2.05) is 67.1 Å². The fourth-order valence-electron chi connectivity index (χ4n) is 6.08. The summed E-state index contributed by atoms with van der Waals surface area (Å²) < 4.78 is 9.37. The summed E-state index contributed by atoms with van der Waals surface area (Å²) in [5, 5.41) is 3.40. The van der Waals surface area contributed by atoms with Gasteiger partial charge in [-0.2, -0.15) is 0 Å². The molecular weight excluding hydrogens is 534 g/mol. The van der Waals surface area contributed by atoms with Crippen molar-refractivity contribution in [2.45, 2.75) is 39.2 Å². The molecular formula is C31H39N7O4. The van der Waals surface area contributed by atoms with E-state index in [4.69, 9.17) is 9.72 Å². The number of hydrogen-bond acceptors (Lipinski definition) is 7. The Morgan fingerprint density at radius 2 is 1.64 bits per heavy atom. The minimum Gasteiger partial charge on any atom is -0.444 e. The number of piperazine rings is 1. The van der Waals surface area contributed by atoms with Crippen molar-refractivity contribution >= 4 is 45.5 Å². The highest BCUT2D eigenvalue weighted by molar-refractivity contribution is 6.05. The number of rotatable bonds is 5. The van der Waals surface area contributed by atoms with Crippen LogP contribution in [0.2, 0.25) is 0 Å². The minimum atomic E-state index is -0.547. The van der Waals surface area contributed by atoms with Gasteiger partial charge in [0.05, 0.1) is 16.4 Å². The summed E-state index contributed by atoms with van der Waals surface area (Å²) in [5.41, 5.74) is 2.04. The lowest BCUT2D eigenvalue weighted by Gasteiger charge is -2.36. The third kappa shape index (κ3) is 5.17. The van der Waals surface area contributed by atoms with E-state index in [0.29, 0.717) is 49.4 Å². The smallest absolute Gasteiger partial charge is 0.410 e. The minimum absolute atomic E-state index is 0.128. The number of para-hydroxylation sites is 2. The van der Waals surface area contributed by atoms with E-state index in [0.717, 1.165) is 36.5 Å². The van der Waals surface area contributed by atoms with Crippen molar-refractivity contribution in [3.8, 4) is 0 Å². The lowest BCUT2D eigenvalue weighted by Crippen LogP contribution is -2.50. The van der Waals surface area contributed by atoms with Crippen LogP contribution in [0.15, 0.2) is 41.2 Å². The highest BCUT2D eigenvalue weighted by atomic mass is 16.6. The number of ether oxygens (including phenoxy) is 1. The quantitative estimate of drug-likeness (QED) is 0.391. The van der Waals surface area contributed by atoms with Crippen LogP contribution in [0.4, 0.5) is 10.6 Å². The topological polar surface area (TPSA) is 104 Å². The Labute approximate surface area is 244 Å². The van der Waals surface area contributed by atoms with Gasteiger partial charge in [0.1, 0.15) is 22.6 Å². The Morgan fingerprint density at radius 1 is 0.952 bits per heavy atom. The van der Waals surface area contributed by atoms with Gasteiger partial charge in [0.25, 0.3) is 5.91 Å². The molecule has 2 amide bonds. The summed E-state index contributed by atoms with van der Waals surface area (Å²) >= 11 is 0. The van der Waals surface area contributed by atoms with Crippen molar-refractivity contribution in [3.05, 3.63) is 52.2 Å². The van der Waals surface area contributed by atoms with Crippen molar-refractivity contribution in [1.82, 2.24) is 29.1 Å². The highest BCUT2D eigenvalue weighted by Crippen LogP contribution is 2.27. The van der Waals surface area contributed by atoms with Crippen LogP contribution < -0.4 is 15.6 Å². The van der Waals surface area contributed by atoms with Gasteiger partial charge in [0.15, 0.2) is 5.65 Å². The summed E-state index contributed by atoms with van der Waals surface area (Å²) in [4.78, 5) is 51.2. The number of benzene rings is 1. The number of aryl methyl sites for hydroxylation is 1. The molecule has 0 radical (unpaired) electrons. The third-order valence-corrected chi connectivity index (χ3v) is 8.18. The van der Waals surface area contributed by atoms with Crippen LogP contribution in [0.5, 0.6) is 0 Å². The largest absolute Gasteiger partial charge is 0.444 e. The maximum absolute atomic E-state index is 13.9. The number of carbonyl (C=O) groups excluding carboxylic acids is 2. The molecule has 0 atom stereocenters. The summed E-state index contributed by atoms with van der Waals surface area (Å²) in [7, 11) is 1.88. The Kier molecular flexibility index (Phi) is 7.30. The number of aromatic nitrogens is 3. The first-order valence-electron chi connectivity index (χ1n) is 14.8. The molecule has 2 saturated heterocycles. The summed E-state index contributed by atoms with van der Waals surface area (Å²) in [6, 6.07) is 11.5. The van der Waals surface area contributed by atoms with Gasteiger partial charge >= 0.3 is 6.09 Å². The molecule has 2 aliphatic heterocycles. The van der Waals surface area contributed by atoms with Crippen molar-refractivity contribution in [1.29, 1.82) is 0 Å². The highest BCUT2D eigenvalue weighted by Gasteiger charge is 2.28. The van der Waals surface area contributed by atoms with Gasteiger partial charge in [0, 0.05) is 46.3 Å². The van der Waals surface area contributed by atoms with Gasteiger partial charge in [-0.1, -0.05) is 12.1 Å². The molecule has 0 saturated carbocycles. The van der Waals surface area contributed by atoms with Gasteiger partial charge < -0.3 is 29.3 Å². The molecule has 0 aliphatic carbocycles. The van der Waals surface area contributed by atoms with Gasteiger partial charge in [-0.3, -0.25) is 14.0 Å². The zero-order valence-electron chi connectivity index (χ0n) is 24.9. The van der Waals surface area contributed by atoms with Crippen LogP contribution in [0.1, 0.15) is 44.0 Å². The Morgan fingerprint density at radius 3 is 2.33 bits per heavy atom. The van der Waals surface area contributed by atoms with E-state index in [1.165, 1.54) is 12.8 Å². The van der Waals surface area contributed by atoms with E-state index >= 15 is 0 Å². The molecule has 2 aliphatic rings. The number of likely N-dealkylation sites (tertiary alicyclic amines) is 1. The molecule has 222 valence electrons. The van der Waals surface area contributed by atoms with Crippen molar-refractivity contribution in [2.24, 2.45) is 7.05 Å². The molecule has 1 N–H and O–H groups in total. The van der Waals surface area contributed by atoms with Crippen LogP contribution >= 0.6 is 0 Å². The molecule has 0 spiro atoms. The Bertz CT molecular complexity index is 1720. The normalized spacial score (nSPS) is 16.6. The van der Waals surface area contributed by atoms with E-state index in [2.05, 4.69) is 15.1 Å². The van der Waals surface area contributed by atoms with E-state index < -0.39 is 5.60 Å². The van der Waals surface area contributed by atoms with Gasteiger partial charge in [-0.25, -0.2) is 9.78 Å². The molecule has 11 nitrogen and oxygen atoms in total. The zero-order chi connectivity index (χ0) is 29.6. The molecule has 0 bridgehead atoms. The molecule has 6 rings (SSSR count). The number of nitrogens with one attached hydrogen (secondary N) is 1. The van der Waals surface area contributed by atoms with Crippen molar-refractivity contribution in [3.63, 3.8) is 0 Å². The second-order valence-electron chi connectivity index (χ2n) is 12.2. The van der Waals surface area contributed by atoms with Crippen molar-refractivity contribution < 1.29 is 14.3 Å². The molecule has 11 heteroatoms. The number of anilines is 1. The van der Waals surface area contributed by atoms with Gasteiger partial charge in [-0.15, -0.1) is 0 Å². The van der Waals surface area contributed by atoms with Crippen LogP contribution in [0.3, 0.4) is 0 Å². The molecule has 42 heavy (non-hydrogen) atoms. The predicted molar refractivity (Wildman–Crippen MR) is 163 cm³/mol. The number of nitrogens with zero attached hydrogens (tertiary/aromatic N) is 6. The Balaban J connectivity index is 1.36. The summed E-state index contributed by atoms with van der Waals surface area (Å²) in [6.07, 6.45) is 2.06. The molecule has 2 fully saturated rings. The maximum atomic E-state index is 13.9. The van der Waals surface area contributed by atoms with Crippen LogP contribution in [-0.4, -0.2) is 93.7 Å². The summed E-state index contributed by atoms with van der Waals surface area (Å²) in [5.74, 6) is 0.349. The second-order valence-corrected chi connectivity index (χ2v) is 12.2. The lowest BCUT2D eigenvalue weighted by atomic mass is 10.1. The van der Waals surface area contributed by atoms with E-state index in [-0.39, 0.29) is 23.0 Å². The van der Waals surface area contributed by atoms with E-state index in [1.54, 1.807) is 11.0 Å². The fraction of sp³-hybridized carbons (Fsp3) is 0.484. The lowest BCUT2D eigenvalue weighted by molar-refractivity contribution is 0.0240. The van der Waals surface area contributed by atoms with E-state index in [9.17, 15) is 14.4 Å². The zero-order valence-corrected chi connectivity index (χ0v) is 24.9. The monoisotopic (exact) mass is 573 g/mol. The number of pyridine rings is 2. The third-order valence-electron chi connectivity index (χ3n) is 8.18. The molecule has 5 heterocycles. The van der Waals surface area contributed by atoms with Crippen molar-refractivity contribution in [2.75, 3.05) is 57.3 Å². The molecule has 0 unspecified atom stereocenters. The Hall–Kier alpha value is -4.12. The number of imidazole rings is 1. The van der Waals surface area contributed by atoms with Crippen LogP contribution in [-0.2, 0) is 11.8 Å². The first-order chi connectivity index (χ1) is 20.1. The SMILES string of the molecule is Cn1c2ccccc2n2c3nc(N4CCN(C(=O)OC(C)(C)C)CC4)ccc3c(=O)c(C(=O)NCCN3CCCC3)c12. The van der Waals surface area contributed by atoms with Crippen LogP contribution in [0.25, 0.3) is 27.7 Å². The fourth-order valence-corrected chi connectivity index (χ4v) is 6.08. The standard InChI is InChI=1S/C31H39N7O4/c1-31(2,3)42-30(41)37-19-17-36(18-20-37)24-12-11-21-26(39)25(28(40)32-13-16-35-14-7-8-15-35)29-34(4)22-9-5-6-10-23(22)38(29)27(21)33-24/h5-6,9-12H,7-8,13-20H2,1-4H3,(H,32,40). The maximum Gasteiger partial charge on any atom is 0.410 e. The first kappa shape index (κ1) is 28.0. The average molecular weight is 574 g/mol. The predicted octanol–water partition coefficient (Wildman–Crippen LogP) is 3.22. The second kappa shape index (κ2) is 10.9. The molecule has 4 aromatic rings. The average Bonchev–Trinajstić information content (AvgIpc) is 3.59. The molecule has 3 aromatic heterocycles. The number of carbonyl (C=O) groups is 2.